The van der Waals surface area contributed by atoms with E-state index in [1.54, 1.807) is 11.6 Å². The van der Waals surface area contributed by atoms with Crippen LogP contribution in [-0.2, 0) is 11.3 Å². The van der Waals surface area contributed by atoms with Crippen LogP contribution in [0.25, 0.3) is 5.69 Å². The zero-order valence-electron chi connectivity index (χ0n) is 14.3. The van der Waals surface area contributed by atoms with Gasteiger partial charge in [0, 0.05) is 4.47 Å². The summed E-state index contributed by atoms with van der Waals surface area (Å²) in [5.74, 6) is -0.473. The van der Waals surface area contributed by atoms with Crippen LogP contribution in [0.5, 0.6) is 0 Å². The number of hydrogen-bond acceptors (Lipinski definition) is 4. The van der Waals surface area contributed by atoms with E-state index in [0.717, 1.165) is 26.9 Å². The summed E-state index contributed by atoms with van der Waals surface area (Å²) < 4.78 is 8.04. The molecule has 5 nitrogen and oxygen atoms in total. The molecule has 0 amide bonds. The minimum atomic E-state index is -0.473. The SMILES string of the molecule is Cc1cccc(COC(=O)c2nnn(-c3ccc(Br)c(C)c3)c2C)c1. The first-order valence-corrected chi connectivity index (χ1v) is 8.66. The standard InChI is InChI=1S/C19H18BrN3O2/c1-12-5-4-6-15(9-12)11-25-19(24)18-14(3)23(22-21-18)16-7-8-17(20)13(2)10-16/h4-10H,11H2,1-3H3. The lowest BCUT2D eigenvalue weighted by Gasteiger charge is -2.07. The lowest BCUT2D eigenvalue weighted by atomic mass is 10.1. The Morgan fingerprint density at radius 3 is 2.68 bits per heavy atom. The Bertz CT molecular complexity index is 934. The topological polar surface area (TPSA) is 57.0 Å². The number of carbonyl (C=O) groups is 1. The van der Waals surface area contributed by atoms with Crippen LogP contribution in [0.3, 0.4) is 0 Å². The number of hydrogen-bond donors (Lipinski definition) is 0. The molecule has 2 aromatic carbocycles. The van der Waals surface area contributed by atoms with Crippen molar-refractivity contribution < 1.29 is 9.53 Å². The summed E-state index contributed by atoms with van der Waals surface area (Å²) in [5, 5.41) is 8.10. The van der Waals surface area contributed by atoms with Gasteiger partial charge in [0.15, 0.2) is 5.69 Å². The van der Waals surface area contributed by atoms with Crippen molar-refractivity contribution >= 4 is 21.9 Å². The minimum absolute atomic E-state index is 0.213. The summed E-state index contributed by atoms with van der Waals surface area (Å²) in [7, 11) is 0. The molecule has 0 atom stereocenters. The van der Waals surface area contributed by atoms with E-state index in [-0.39, 0.29) is 12.3 Å². The molecule has 0 aliphatic rings. The third-order valence-electron chi connectivity index (χ3n) is 3.93. The summed E-state index contributed by atoms with van der Waals surface area (Å²) in [5.41, 5.74) is 4.88. The van der Waals surface area contributed by atoms with Crippen molar-refractivity contribution in [1.29, 1.82) is 0 Å². The Kier molecular flexibility index (Phi) is 4.99. The fraction of sp³-hybridized carbons (Fsp3) is 0.211. The molecule has 1 heterocycles. The first-order valence-electron chi connectivity index (χ1n) is 7.87. The number of nitrogens with zero attached hydrogens (tertiary/aromatic N) is 3. The lowest BCUT2D eigenvalue weighted by Crippen LogP contribution is -2.08. The number of halogens is 1. The summed E-state index contributed by atoms with van der Waals surface area (Å²) in [6.45, 7) is 6.02. The van der Waals surface area contributed by atoms with E-state index in [4.69, 9.17) is 4.74 Å². The molecule has 1 aromatic heterocycles. The third kappa shape index (κ3) is 3.79. The van der Waals surface area contributed by atoms with Gasteiger partial charge < -0.3 is 4.74 Å². The molecule has 128 valence electrons. The van der Waals surface area contributed by atoms with Gasteiger partial charge in [-0.1, -0.05) is 51.0 Å². The Labute approximate surface area is 154 Å². The first kappa shape index (κ1) is 17.4. The van der Waals surface area contributed by atoms with Crippen LogP contribution in [0.2, 0.25) is 0 Å². The van der Waals surface area contributed by atoms with Gasteiger partial charge in [-0.25, -0.2) is 9.48 Å². The predicted molar refractivity (Wildman–Crippen MR) is 98.8 cm³/mol. The van der Waals surface area contributed by atoms with E-state index in [1.165, 1.54) is 0 Å². The second-order valence-corrected chi connectivity index (χ2v) is 6.79. The maximum absolute atomic E-state index is 12.3. The van der Waals surface area contributed by atoms with Crippen LogP contribution in [0.4, 0.5) is 0 Å². The van der Waals surface area contributed by atoms with Gasteiger partial charge in [0.2, 0.25) is 0 Å². The van der Waals surface area contributed by atoms with Crippen molar-refractivity contribution in [3.8, 4) is 5.69 Å². The number of ether oxygens (including phenoxy) is 1. The summed E-state index contributed by atoms with van der Waals surface area (Å²) in [6, 6.07) is 13.7. The van der Waals surface area contributed by atoms with E-state index in [0.29, 0.717) is 5.69 Å². The van der Waals surface area contributed by atoms with Crippen LogP contribution >= 0.6 is 15.9 Å². The molecule has 0 bridgehead atoms. The predicted octanol–water partition coefficient (Wildman–Crippen LogP) is 4.31. The maximum atomic E-state index is 12.3. The van der Waals surface area contributed by atoms with E-state index in [2.05, 4.69) is 26.2 Å². The van der Waals surface area contributed by atoms with Gasteiger partial charge in [-0.3, -0.25) is 0 Å². The third-order valence-corrected chi connectivity index (χ3v) is 4.82. The van der Waals surface area contributed by atoms with Gasteiger partial charge in [-0.2, -0.15) is 0 Å². The van der Waals surface area contributed by atoms with E-state index in [9.17, 15) is 4.79 Å². The van der Waals surface area contributed by atoms with Crippen molar-refractivity contribution in [2.45, 2.75) is 27.4 Å². The number of aromatic nitrogens is 3. The van der Waals surface area contributed by atoms with Crippen molar-refractivity contribution in [1.82, 2.24) is 15.0 Å². The van der Waals surface area contributed by atoms with Crippen molar-refractivity contribution in [3.05, 3.63) is 75.0 Å². The van der Waals surface area contributed by atoms with Gasteiger partial charge in [0.1, 0.15) is 6.61 Å². The molecule has 0 unspecified atom stereocenters. The average molecular weight is 400 g/mol. The molecule has 0 radical (unpaired) electrons. The highest BCUT2D eigenvalue weighted by atomic mass is 79.9. The molecule has 0 saturated carbocycles. The molecular formula is C19H18BrN3O2. The van der Waals surface area contributed by atoms with Crippen LogP contribution in [0.15, 0.2) is 46.9 Å². The van der Waals surface area contributed by atoms with Crippen LogP contribution in [0, 0.1) is 20.8 Å². The second-order valence-electron chi connectivity index (χ2n) is 5.93. The molecule has 3 rings (SSSR count). The summed E-state index contributed by atoms with van der Waals surface area (Å²) in [4.78, 5) is 12.3. The van der Waals surface area contributed by atoms with Crippen LogP contribution in [0.1, 0.15) is 32.9 Å². The largest absolute Gasteiger partial charge is 0.456 e. The smallest absolute Gasteiger partial charge is 0.361 e. The quantitative estimate of drug-likeness (QED) is 0.613. The van der Waals surface area contributed by atoms with Crippen molar-refractivity contribution in [2.75, 3.05) is 0 Å². The number of carbonyl (C=O) groups excluding carboxylic acids is 1. The van der Waals surface area contributed by atoms with E-state index < -0.39 is 5.97 Å². The van der Waals surface area contributed by atoms with Gasteiger partial charge in [0.05, 0.1) is 11.4 Å². The highest BCUT2D eigenvalue weighted by molar-refractivity contribution is 9.10. The molecule has 0 aliphatic heterocycles. The summed E-state index contributed by atoms with van der Waals surface area (Å²) in [6.07, 6.45) is 0. The number of esters is 1. The molecule has 0 spiro atoms. The van der Waals surface area contributed by atoms with Gasteiger partial charge >= 0.3 is 5.97 Å². The molecule has 3 aromatic rings. The van der Waals surface area contributed by atoms with Gasteiger partial charge in [-0.05, 0) is 50.1 Å². The van der Waals surface area contributed by atoms with Crippen molar-refractivity contribution in [3.63, 3.8) is 0 Å². The molecule has 0 N–H and O–H groups in total. The molecule has 0 saturated heterocycles. The van der Waals surface area contributed by atoms with Gasteiger partial charge in [-0.15, -0.1) is 5.10 Å². The number of rotatable bonds is 4. The molecular weight excluding hydrogens is 382 g/mol. The fourth-order valence-electron chi connectivity index (χ4n) is 2.54. The van der Waals surface area contributed by atoms with Gasteiger partial charge in [0.25, 0.3) is 0 Å². The molecule has 0 fully saturated rings. The normalized spacial score (nSPS) is 10.7. The molecule has 25 heavy (non-hydrogen) atoms. The van der Waals surface area contributed by atoms with E-state index >= 15 is 0 Å². The van der Waals surface area contributed by atoms with Crippen LogP contribution in [-0.4, -0.2) is 21.0 Å². The summed E-state index contributed by atoms with van der Waals surface area (Å²) >= 11 is 3.48. The second kappa shape index (κ2) is 7.19. The Hall–Kier alpha value is -2.47. The van der Waals surface area contributed by atoms with Crippen molar-refractivity contribution in [2.24, 2.45) is 0 Å². The monoisotopic (exact) mass is 399 g/mol. The highest BCUT2D eigenvalue weighted by Gasteiger charge is 2.19. The highest BCUT2D eigenvalue weighted by Crippen LogP contribution is 2.21. The zero-order chi connectivity index (χ0) is 18.0. The average Bonchev–Trinajstić information content (AvgIpc) is 2.97. The number of aryl methyl sites for hydroxylation is 2. The Balaban J connectivity index is 1.78. The number of benzene rings is 2. The maximum Gasteiger partial charge on any atom is 0.361 e. The lowest BCUT2D eigenvalue weighted by molar-refractivity contribution is 0.0464. The Morgan fingerprint density at radius 1 is 1.16 bits per heavy atom. The minimum Gasteiger partial charge on any atom is -0.456 e. The first-order chi connectivity index (χ1) is 12.0. The van der Waals surface area contributed by atoms with E-state index in [1.807, 2.05) is 56.3 Å². The van der Waals surface area contributed by atoms with Crippen LogP contribution < -0.4 is 0 Å². The molecule has 6 heteroatoms. The molecule has 0 aliphatic carbocycles. The Morgan fingerprint density at radius 2 is 1.96 bits per heavy atom. The zero-order valence-corrected chi connectivity index (χ0v) is 15.9. The fourth-order valence-corrected chi connectivity index (χ4v) is 2.79.